The molecule has 0 aromatic heterocycles. The van der Waals surface area contributed by atoms with Crippen molar-refractivity contribution in [1.82, 2.24) is 0 Å². The summed E-state index contributed by atoms with van der Waals surface area (Å²) in [6.07, 6.45) is 0. The number of Topliss-reactive ketones (excluding diaryl/α,β-unsaturated/α-hetero) is 1. The van der Waals surface area contributed by atoms with Crippen LogP contribution in [0.15, 0.2) is 42.5 Å². The van der Waals surface area contributed by atoms with Gasteiger partial charge in [0, 0.05) is 23.1 Å². The third-order valence-corrected chi connectivity index (χ3v) is 3.67. The molecule has 0 saturated carbocycles. The summed E-state index contributed by atoms with van der Waals surface area (Å²) >= 11 is 0. The summed E-state index contributed by atoms with van der Waals surface area (Å²) in [6, 6.07) is 12.6. The fourth-order valence-corrected chi connectivity index (χ4v) is 2.32. The van der Waals surface area contributed by atoms with Crippen molar-refractivity contribution in [2.24, 2.45) is 0 Å². The summed E-state index contributed by atoms with van der Waals surface area (Å²) in [5.41, 5.74) is 1.48. The molecule has 116 valence electrons. The maximum absolute atomic E-state index is 12.6. The van der Waals surface area contributed by atoms with Gasteiger partial charge in [-0.2, -0.15) is 0 Å². The molecule has 0 saturated heterocycles. The number of carbonyl (C=O) groups is 1. The summed E-state index contributed by atoms with van der Waals surface area (Å²) in [5.74, 6) is 1.80. The summed E-state index contributed by atoms with van der Waals surface area (Å²) < 4.78 is 15.7. The zero-order chi connectivity index (χ0) is 16.1. The highest BCUT2D eigenvalue weighted by Gasteiger charge is 2.21. The average molecular weight is 300 g/mol. The quantitative estimate of drug-likeness (QED) is 0.763. The second kappa shape index (κ2) is 6.98. The molecule has 0 heterocycles. The Morgan fingerprint density at radius 3 is 2.00 bits per heavy atom. The zero-order valence-electron chi connectivity index (χ0n) is 13.3. The minimum absolute atomic E-state index is 0.0334. The third kappa shape index (κ3) is 3.22. The summed E-state index contributed by atoms with van der Waals surface area (Å²) in [5, 5.41) is 0. The van der Waals surface area contributed by atoms with Gasteiger partial charge in [0.1, 0.15) is 17.2 Å². The van der Waals surface area contributed by atoms with E-state index in [1.165, 1.54) is 0 Å². The van der Waals surface area contributed by atoms with Crippen molar-refractivity contribution in [2.45, 2.75) is 12.8 Å². The Morgan fingerprint density at radius 2 is 1.45 bits per heavy atom. The van der Waals surface area contributed by atoms with Crippen LogP contribution in [0, 0.1) is 0 Å². The largest absolute Gasteiger partial charge is 0.497 e. The molecule has 1 unspecified atom stereocenters. The summed E-state index contributed by atoms with van der Waals surface area (Å²) in [6.45, 7) is 1.87. The van der Waals surface area contributed by atoms with E-state index >= 15 is 0 Å². The molecule has 2 aromatic rings. The van der Waals surface area contributed by atoms with Crippen LogP contribution in [0.2, 0.25) is 0 Å². The van der Waals surface area contributed by atoms with Gasteiger partial charge in [-0.25, -0.2) is 0 Å². The van der Waals surface area contributed by atoms with E-state index < -0.39 is 0 Å². The van der Waals surface area contributed by atoms with Gasteiger partial charge in [0.15, 0.2) is 5.78 Å². The molecule has 0 aliphatic carbocycles. The molecule has 1 atom stereocenters. The van der Waals surface area contributed by atoms with Crippen LogP contribution in [-0.4, -0.2) is 27.1 Å². The van der Waals surface area contributed by atoms with Gasteiger partial charge >= 0.3 is 0 Å². The molecule has 0 N–H and O–H groups in total. The van der Waals surface area contributed by atoms with Gasteiger partial charge in [0.05, 0.1) is 21.3 Å². The second-order valence-electron chi connectivity index (χ2n) is 4.92. The molecule has 4 heteroatoms. The van der Waals surface area contributed by atoms with E-state index in [-0.39, 0.29) is 11.7 Å². The van der Waals surface area contributed by atoms with Crippen molar-refractivity contribution in [3.8, 4) is 17.2 Å². The first kappa shape index (κ1) is 15.9. The average Bonchev–Trinajstić information content (AvgIpc) is 2.59. The van der Waals surface area contributed by atoms with Gasteiger partial charge in [-0.1, -0.05) is 13.0 Å². The molecule has 0 amide bonds. The molecular formula is C18H20O4. The Morgan fingerprint density at radius 1 is 0.864 bits per heavy atom. The molecular weight excluding hydrogens is 280 g/mol. The Hall–Kier alpha value is -2.49. The first-order chi connectivity index (χ1) is 10.6. The van der Waals surface area contributed by atoms with Crippen molar-refractivity contribution in [2.75, 3.05) is 21.3 Å². The molecule has 0 fully saturated rings. The lowest BCUT2D eigenvalue weighted by atomic mass is 9.91. The Balaban J connectivity index is 2.29. The SMILES string of the molecule is COc1ccc(C(=O)C(C)c2ccc(OC)cc2OC)cc1. The molecule has 2 aromatic carbocycles. The van der Waals surface area contributed by atoms with Crippen molar-refractivity contribution in [1.29, 1.82) is 0 Å². The van der Waals surface area contributed by atoms with Crippen LogP contribution in [-0.2, 0) is 0 Å². The van der Waals surface area contributed by atoms with E-state index in [0.717, 1.165) is 11.3 Å². The number of carbonyl (C=O) groups excluding carboxylic acids is 1. The minimum Gasteiger partial charge on any atom is -0.497 e. The molecule has 2 rings (SSSR count). The highest BCUT2D eigenvalue weighted by atomic mass is 16.5. The molecule has 4 nitrogen and oxygen atoms in total. The van der Waals surface area contributed by atoms with Crippen molar-refractivity contribution in [3.05, 3.63) is 53.6 Å². The molecule has 0 bridgehead atoms. The fourth-order valence-electron chi connectivity index (χ4n) is 2.32. The van der Waals surface area contributed by atoms with Crippen LogP contribution in [0.25, 0.3) is 0 Å². The van der Waals surface area contributed by atoms with Crippen LogP contribution < -0.4 is 14.2 Å². The lowest BCUT2D eigenvalue weighted by Crippen LogP contribution is -2.11. The van der Waals surface area contributed by atoms with Crippen LogP contribution in [0.5, 0.6) is 17.2 Å². The van der Waals surface area contributed by atoms with Crippen LogP contribution >= 0.6 is 0 Å². The van der Waals surface area contributed by atoms with E-state index in [9.17, 15) is 4.79 Å². The van der Waals surface area contributed by atoms with Crippen molar-refractivity contribution >= 4 is 5.78 Å². The monoisotopic (exact) mass is 300 g/mol. The van der Waals surface area contributed by atoms with Crippen molar-refractivity contribution in [3.63, 3.8) is 0 Å². The van der Waals surface area contributed by atoms with E-state index in [1.54, 1.807) is 51.7 Å². The molecule has 0 spiro atoms. The van der Waals surface area contributed by atoms with E-state index in [0.29, 0.717) is 17.1 Å². The predicted molar refractivity (Wildman–Crippen MR) is 85.3 cm³/mol. The molecule has 0 radical (unpaired) electrons. The lowest BCUT2D eigenvalue weighted by molar-refractivity contribution is 0.0965. The number of ether oxygens (including phenoxy) is 3. The van der Waals surface area contributed by atoms with Gasteiger partial charge in [-0.05, 0) is 30.3 Å². The maximum atomic E-state index is 12.6. The standard InChI is InChI=1S/C18H20O4/c1-12(16-10-9-15(21-3)11-17(16)22-4)18(19)13-5-7-14(20-2)8-6-13/h5-12H,1-4H3. The third-order valence-electron chi connectivity index (χ3n) is 3.67. The normalized spacial score (nSPS) is 11.6. The fraction of sp³-hybridized carbons (Fsp3) is 0.278. The number of benzene rings is 2. The minimum atomic E-state index is -0.311. The number of rotatable bonds is 6. The maximum Gasteiger partial charge on any atom is 0.170 e. The van der Waals surface area contributed by atoms with Crippen LogP contribution in [0.1, 0.15) is 28.8 Å². The van der Waals surface area contributed by atoms with Crippen molar-refractivity contribution < 1.29 is 19.0 Å². The highest BCUT2D eigenvalue weighted by Crippen LogP contribution is 2.32. The molecule has 22 heavy (non-hydrogen) atoms. The van der Waals surface area contributed by atoms with Gasteiger partial charge in [-0.15, -0.1) is 0 Å². The van der Waals surface area contributed by atoms with Crippen LogP contribution in [0.4, 0.5) is 0 Å². The number of methoxy groups -OCH3 is 3. The Kier molecular flexibility index (Phi) is 5.04. The predicted octanol–water partition coefficient (Wildman–Crippen LogP) is 3.70. The van der Waals surface area contributed by atoms with Gasteiger partial charge < -0.3 is 14.2 Å². The van der Waals surface area contributed by atoms with Gasteiger partial charge in [0.25, 0.3) is 0 Å². The molecule has 0 aliphatic heterocycles. The number of hydrogen-bond donors (Lipinski definition) is 0. The highest BCUT2D eigenvalue weighted by molar-refractivity contribution is 6.01. The summed E-state index contributed by atoms with van der Waals surface area (Å²) in [7, 11) is 4.78. The molecule has 0 aliphatic rings. The van der Waals surface area contributed by atoms with E-state index in [2.05, 4.69) is 0 Å². The first-order valence-corrected chi connectivity index (χ1v) is 7.01. The summed E-state index contributed by atoms with van der Waals surface area (Å²) in [4.78, 5) is 12.6. The van der Waals surface area contributed by atoms with Gasteiger partial charge in [0.2, 0.25) is 0 Å². The topological polar surface area (TPSA) is 44.8 Å². The Bertz CT molecular complexity index is 647. The Labute approximate surface area is 130 Å². The number of hydrogen-bond acceptors (Lipinski definition) is 4. The number of ketones is 1. The smallest absolute Gasteiger partial charge is 0.170 e. The van der Waals surface area contributed by atoms with E-state index in [4.69, 9.17) is 14.2 Å². The second-order valence-corrected chi connectivity index (χ2v) is 4.92. The zero-order valence-corrected chi connectivity index (χ0v) is 13.3. The van der Waals surface area contributed by atoms with Gasteiger partial charge in [-0.3, -0.25) is 4.79 Å². The van der Waals surface area contributed by atoms with Crippen LogP contribution in [0.3, 0.4) is 0 Å². The van der Waals surface area contributed by atoms with E-state index in [1.807, 2.05) is 19.1 Å². The first-order valence-electron chi connectivity index (χ1n) is 7.01. The lowest BCUT2D eigenvalue weighted by Gasteiger charge is -2.16.